The van der Waals surface area contributed by atoms with E-state index in [1.165, 1.54) is 18.4 Å². The number of aryl methyl sites for hydroxylation is 1. The van der Waals surface area contributed by atoms with Crippen molar-refractivity contribution in [3.8, 4) is 17.0 Å². The Morgan fingerprint density at radius 3 is 2.83 bits per heavy atom. The molecule has 0 amide bonds. The fraction of sp³-hybridized carbons (Fsp3) is 0.188. The van der Waals surface area contributed by atoms with E-state index in [0.717, 1.165) is 17.8 Å². The van der Waals surface area contributed by atoms with E-state index in [1.54, 1.807) is 36.5 Å². The first-order chi connectivity index (χ1) is 11.5. The number of sulfonamides is 1. The molecule has 0 bridgehead atoms. The molecule has 8 heteroatoms. The Labute approximate surface area is 144 Å². The summed E-state index contributed by atoms with van der Waals surface area (Å²) in [5.41, 5.74) is 2.14. The van der Waals surface area contributed by atoms with Crippen LogP contribution in [-0.2, 0) is 16.6 Å². The highest BCUT2D eigenvalue weighted by Gasteiger charge is 2.20. The third kappa shape index (κ3) is 3.15. The van der Waals surface area contributed by atoms with Gasteiger partial charge in [0, 0.05) is 23.7 Å². The van der Waals surface area contributed by atoms with Crippen LogP contribution >= 0.6 is 11.3 Å². The molecule has 0 unspecified atom stereocenters. The average molecular weight is 363 g/mol. The number of hydrogen-bond donors (Lipinski definition) is 1. The number of aromatic nitrogens is 2. The molecule has 3 aromatic rings. The van der Waals surface area contributed by atoms with Gasteiger partial charge in [0.25, 0.3) is 10.0 Å². The van der Waals surface area contributed by atoms with E-state index in [0.29, 0.717) is 11.4 Å². The summed E-state index contributed by atoms with van der Waals surface area (Å²) in [5, 5.41) is 6.03. The van der Waals surface area contributed by atoms with Crippen LogP contribution in [0.15, 0.2) is 52.2 Å². The Morgan fingerprint density at radius 1 is 1.29 bits per heavy atom. The fourth-order valence-corrected chi connectivity index (χ4v) is 4.59. The van der Waals surface area contributed by atoms with Crippen LogP contribution in [0.2, 0.25) is 0 Å². The number of methoxy groups -OCH3 is 1. The van der Waals surface area contributed by atoms with E-state index in [4.69, 9.17) is 4.74 Å². The van der Waals surface area contributed by atoms with Gasteiger partial charge in [-0.05, 0) is 31.2 Å². The fourth-order valence-electron chi connectivity index (χ4n) is 2.35. The molecule has 0 spiro atoms. The smallest absolute Gasteiger partial charge is 0.271 e. The van der Waals surface area contributed by atoms with Crippen LogP contribution < -0.4 is 9.46 Å². The molecule has 0 fully saturated rings. The molecule has 0 saturated carbocycles. The van der Waals surface area contributed by atoms with Crippen molar-refractivity contribution in [2.24, 2.45) is 0 Å². The van der Waals surface area contributed by atoms with Crippen LogP contribution in [0.5, 0.6) is 5.75 Å². The maximum Gasteiger partial charge on any atom is 0.271 e. The third-order valence-corrected chi connectivity index (χ3v) is 6.31. The molecule has 1 aromatic carbocycles. The van der Waals surface area contributed by atoms with Crippen LogP contribution in [0.3, 0.4) is 0 Å². The molecule has 24 heavy (non-hydrogen) atoms. The summed E-state index contributed by atoms with van der Waals surface area (Å²) >= 11 is 1.17. The molecule has 1 N–H and O–H groups in total. The summed E-state index contributed by atoms with van der Waals surface area (Å²) in [7, 11) is -2.17. The van der Waals surface area contributed by atoms with Gasteiger partial charge < -0.3 is 4.74 Å². The molecule has 0 saturated heterocycles. The molecule has 0 aliphatic carbocycles. The predicted molar refractivity (Wildman–Crippen MR) is 95.0 cm³/mol. The normalized spacial score (nSPS) is 11.4. The van der Waals surface area contributed by atoms with Gasteiger partial charge in [0.2, 0.25) is 0 Å². The maximum atomic E-state index is 12.6. The highest BCUT2D eigenvalue weighted by atomic mass is 32.2. The molecular formula is C16H17N3O3S2. The van der Waals surface area contributed by atoms with E-state index >= 15 is 0 Å². The number of thiophene rings is 1. The minimum absolute atomic E-state index is 0.243. The molecule has 2 aromatic heterocycles. The molecule has 6 nitrogen and oxygen atoms in total. The largest absolute Gasteiger partial charge is 0.495 e. The number of anilines is 1. The van der Waals surface area contributed by atoms with Gasteiger partial charge in [-0.3, -0.25) is 9.40 Å². The predicted octanol–water partition coefficient (Wildman–Crippen LogP) is 3.44. The first-order valence-electron chi connectivity index (χ1n) is 7.31. The van der Waals surface area contributed by atoms with Crippen molar-refractivity contribution in [2.45, 2.75) is 17.7 Å². The van der Waals surface area contributed by atoms with Gasteiger partial charge in [-0.15, -0.1) is 11.3 Å². The van der Waals surface area contributed by atoms with Crippen molar-refractivity contribution in [3.63, 3.8) is 0 Å². The van der Waals surface area contributed by atoms with Crippen LogP contribution in [0.25, 0.3) is 11.3 Å². The second-order valence-corrected chi connectivity index (χ2v) is 7.81. The van der Waals surface area contributed by atoms with Crippen molar-refractivity contribution in [3.05, 3.63) is 48.0 Å². The summed E-state index contributed by atoms with van der Waals surface area (Å²) in [6.45, 7) is 2.71. The van der Waals surface area contributed by atoms with Crippen LogP contribution in [0.4, 0.5) is 5.69 Å². The maximum absolute atomic E-state index is 12.6. The van der Waals surface area contributed by atoms with Crippen molar-refractivity contribution < 1.29 is 13.2 Å². The van der Waals surface area contributed by atoms with Gasteiger partial charge in [0.1, 0.15) is 9.96 Å². The lowest BCUT2D eigenvalue weighted by Crippen LogP contribution is -2.12. The first kappa shape index (κ1) is 16.5. The zero-order valence-electron chi connectivity index (χ0n) is 13.3. The van der Waals surface area contributed by atoms with Gasteiger partial charge in [0.15, 0.2) is 0 Å². The minimum Gasteiger partial charge on any atom is -0.495 e. The van der Waals surface area contributed by atoms with Crippen LogP contribution in [0, 0.1) is 0 Å². The molecule has 0 atom stereocenters. The molecule has 3 rings (SSSR count). The number of para-hydroxylation sites is 2. The molecular weight excluding hydrogens is 346 g/mol. The third-order valence-electron chi connectivity index (χ3n) is 3.50. The number of hydrogen-bond acceptors (Lipinski definition) is 5. The lowest BCUT2D eigenvalue weighted by Gasteiger charge is -2.10. The topological polar surface area (TPSA) is 73.2 Å². The van der Waals surface area contributed by atoms with E-state index in [1.807, 2.05) is 23.1 Å². The number of rotatable bonds is 6. The number of ether oxygens (including phenoxy) is 1. The summed E-state index contributed by atoms with van der Waals surface area (Å²) in [5.74, 6) is 0.474. The van der Waals surface area contributed by atoms with E-state index in [2.05, 4.69) is 9.82 Å². The summed E-state index contributed by atoms with van der Waals surface area (Å²) in [4.78, 5) is 0. The summed E-state index contributed by atoms with van der Waals surface area (Å²) in [6, 6.07) is 10.4. The van der Waals surface area contributed by atoms with Gasteiger partial charge in [-0.25, -0.2) is 8.42 Å². The highest BCUT2D eigenvalue weighted by Crippen LogP contribution is 2.31. The number of nitrogens with zero attached hydrogens (tertiary/aromatic N) is 2. The Morgan fingerprint density at radius 2 is 2.08 bits per heavy atom. The lowest BCUT2D eigenvalue weighted by molar-refractivity contribution is 0.417. The zero-order valence-corrected chi connectivity index (χ0v) is 14.9. The average Bonchev–Trinajstić information content (AvgIpc) is 3.23. The Kier molecular flexibility index (Phi) is 4.59. The van der Waals surface area contributed by atoms with Gasteiger partial charge in [0.05, 0.1) is 18.5 Å². The van der Waals surface area contributed by atoms with E-state index in [-0.39, 0.29) is 4.21 Å². The lowest BCUT2D eigenvalue weighted by atomic mass is 10.2. The highest BCUT2D eigenvalue weighted by molar-refractivity contribution is 7.94. The quantitative estimate of drug-likeness (QED) is 0.728. The van der Waals surface area contributed by atoms with Crippen molar-refractivity contribution in [1.82, 2.24) is 9.78 Å². The van der Waals surface area contributed by atoms with Gasteiger partial charge in [-0.1, -0.05) is 12.1 Å². The molecule has 2 heterocycles. The second-order valence-electron chi connectivity index (χ2n) is 4.99. The first-order valence-corrected chi connectivity index (χ1v) is 9.68. The Bertz CT molecular complexity index is 945. The summed E-state index contributed by atoms with van der Waals surface area (Å²) < 4.78 is 35.1. The van der Waals surface area contributed by atoms with Crippen LogP contribution in [0.1, 0.15) is 6.92 Å². The van der Waals surface area contributed by atoms with Gasteiger partial charge >= 0.3 is 0 Å². The molecule has 0 aliphatic heterocycles. The van der Waals surface area contributed by atoms with Crippen molar-refractivity contribution in [2.75, 3.05) is 11.8 Å². The number of nitrogens with one attached hydrogen (secondary N) is 1. The Balaban J connectivity index is 1.91. The second kappa shape index (κ2) is 6.66. The van der Waals surface area contributed by atoms with Crippen LogP contribution in [-0.4, -0.2) is 25.3 Å². The van der Waals surface area contributed by atoms with E-state index < -0.39 is 10.0 Å². The van der Waals surface area contributed by atoms with Crippen molar-refractivity contribution in [1.29, 1.82) is 0 Å². The molecule has 0 radical (unpaired) electrons. The molecule has 126 valence electrons. The zero-order chi connectivity index (χ0) is 17.2. The number of benzene rings is 1. The van der Waals surface area contributed by atoms with Gasteiger partial charge in [-0.2, -0.15) is 5.10 Å². The minimum atomic E-state index is -3.68. The van der Waals surface area contributed by atoms with Crippen molar-refractivity contribution >= 4 is 27.0 Å². The monoisotopic (exact) mass is 363 g/mol. The Hall–Kier alpha value is -2.32. The van der Waals surface area contributed by atoms with E-state index in [9.17, 15) is 8.42 Å². The SMILES string of the molecule is CCn1nccc1-c1csc(S(=O)(=O)Nc2ccccc2OC)c1. The summed E-state index contributed by atoms with van der Waals surface area (Å²) in [6.07, 6.45) is 1.71. The standard InChI is InChI=1S/C16H17N3O3S2/c1-3-19-14(8-9-17-19)12-10-16(23-11-12)24(20,21)18-13-6-4-5-7-15(13)22-2/h4-11,18H,3H2,1-2H3. The molecule has 0 aliphatic rings.